The SMILES string of the molecule is C1CC2OC2C1.C1CCC2OC2C1.C1CO1.C1COC1. The molecule has 4 heteroatoms. The van der Waals surface area contributed by atoms with Crippen LogP contribution in [0.2, 0.25) is 0 Å². The van der Waals surface area contributed by atoms with Gasteiger partial charge in [0.1, 0.15) is 0 Å². The van der Waals surface area contributed by atoms with Gasteiger partial charge in [-0.25, -0.2) is 0 Å². The number of rotatable bonds is 0. The van der Waals surface area contributed by atoms with Crippen LogP contribution in [0.1, 0.15) is 51.4 Å². The average molecular weight is 284 g/mol. The van der Waals surface area contributed by atoms with E-state index in [-0.39, 0.29) is 0 Å². The lowest BCUT2D eigenvalue weighted by atomic mass is 10.0. The first kappa shape index (κ1) is 14.8. The van der Waals surface area contributed by atoms with Crippen LogP contribution in [0.4, 0.5) is 0 Å². The van der Waals surface area contributed by atoms with Gasteiger partial charge < -0.3 is 18.9 Å². The van der Waals surface area contributed by atoms with Gasteiger partial charge in [-0.15, -0.1) is 0 Å². The molecule has 4 heterocycles. The molecule has 6 aliphatic rings. The first-order valence-corrected chi connectivity index (χ1v) is 8.40. The number of hydrogen-bond donors (Lipinski definition) is 0. The summed E-state index contributed by atoms with van der Waals surface area (Å²) in [6, 6.07) is 0. The monoisotopic (exact) mass is 284 g/mol. The van der Waals surface area contributed by atoms with E-state index < -0.39 is 0 Å². The van der Waals surface area contributed by atoms with Crippen LogP contribution >= 0.6 is 0 Å². The van der Waals surface area contributed by atoms with Gasteiger partial charge in [-0.2, -0.15) is 0 Å². The highest BCUT2D eigenvalue weighted by Gasteiger charge is 2.42. The summed E-state index contributed by atoms with van der Waals surface area (Å²) in [5.41, 5.74) is 0. The molecule has 2 aliphatic carbocycles. The van der Waals surface area contributed by atoms with Crippen molar-refractivity contribution in [2.24, 2.45) is 0 Å². The van der Waals surface area contributed by atoms with E-state index >= 15 is 0 Å². The highest BCUT2D eigenvalue weighted by Crippen LogP contribution is 2.37. The molecule has 4 unspecified atom stereocenters. The Balaban J connectivity index is 0.0000000848. The van der Waals surface area contributed by atoms with Gasteiger partial charge in [-0.3, -0.25) is 0 Å². The molecule has 0 radical (unpaired) electrons. The number of epoxide rings is 3. The van der Waals surface area contributed by atoms with Crippen molar-refractivity contribution in [2.75, 3.05) is 26.4 Å². The lowest BCUT2D eigenvalue weighted by Crippen LogP contribution is -2.09. The summed E-state index contributed by atoms with van der Waals surface area (Å²) < 4.78 is 19.7. The van der Waals surface area contributed by atoms with Gasteiger partial charge in [0.15, 0.2) is 0 Å². The second-order valence-electron chi connectivity index (χ2n) is 6.22. The van der Waals surface area contributed by atoms with Crippen molar-refractivity contribution in [2.45, 2.75) is 75.8 Å². The molecule has 4 aliphatic heterocycles. The molecule has 0 amide bonds. The van der Waals surface area contributed by atoms with E-state index in [0.29, 0.717) is 24.4 Å². The molecule has 116 valence electrons. The minimum Gasteiger partial charge on any atom is -0.381 e. The zero-order chi connectivity index (χ0) is 13.6. The first-order chi connectivity index (χ1) is 9.93. The van der Waals surface area contributed by atoms with Gasteiger partial charge >= 0.3 is 0 Å². The summed E-state index contributed by atoms with van der Waals surface area (Å²) >= 11 is 0. The van der Waals surface area contributed by atoms with E-state index in [1.807, 2.05) is 0 Å². The molecule has 4 nitrogen and oxygen atoms in total. The van der Waals surface area contributed by atoms with Crippen LogP contribution in [0.5, 0.6) is 0 Å². The summed E-state index contributed by atoms with van der Waals surface area (Å²) in [4.78, 5) is 0. The predicted octanol–water partition coefficient (Wildman–Crippen LogP) is 2.69. The Hall–Kier alpha value is -0.160. The normalized spacial score (nSPS) is 40.8. The van der Waals surface area contributed by atoms with Gasteiger partial charge in [-0.05, 0) is 38.5 Å². The van der Waals surface area contributed by atoms with Crippen LogP contribution in [0.3, 0.4) is 0 Å². The molecular weight excluding hydrogens is 256 g/mol. The maximum atomic E-state index is 5.28. The number of fused-ring (bicyclic) bond motifs is 2. The second kappa shape index (κ2) is 7.74. The van der Waals surface area contributed by atoms with E-state index in [1.165, 1.54) is 51.4 Å². The second-order valence-corrected chi connectivity index (χ2v) is 6.22. The maximum Gasteiger partial charge on any atom is 0.0841 e. The standard InChI is InChI=1S/C6H10O.C5H8O.C3H6O.C2H4O/c1-2-4-6-5(3-1)7-6;1-2-4-5(3-1)6-4;1-2-4-3-1;1-2-3-1/h5-6H,1-4H2;4-5H,1-3H2;1-3H2;1-2H2. The molecular formula is C16H28O4. The van der Waals surface area contributed by atoms with Gasteiger partial charge in [-0.1, -0.05) is 12.8 Å². The van der Waals surface area contributed by atoms with Crippen molar-refractivity contribution in [1.29, 1.82) is 0 Å². The molecule has 0 N–H and O–H groups in total. The Bertz CT molecular complexity index is 253. The molecule has 0 aromatic carbocycles. The van der Waals surface area contributed by atoms with E-state index in [0.717, 1.165) is 26.4 Å². The molecule has 0 aromatic rings. The third-order valence-corrected chi connectivity index (χ3v) is 4.36. The topological polar surface area (TPSA) is 46.8 Å². The molecule has 0 aromatic heterocycles. The van der Waals surface area contributed by atoms with Crippen molar-refractivity contribution in [1.82, 2.24) is 0 Å². The van der Waals surface area contributed by atoms with Crippen LogP contribution in [-0.4, -0.2) is 50.8 Å². The van der Waals surface area contributed by atoms with E-state index in [2.05, 4.69) is 4.74 Å². The van der Waals surface area contributed by atoms with Crippen molar-refractivity contribution in [3.05, 3.63) is 0 Å². The Morgan fingerprint density at radius 1 is 0.450 bits per heavy atom. The third kappa shape index (κ3) is 5.68. The lowest BCUT2D eigenvalue weighted by molar-refractivity contribution is 0.0367. The van der Waals surface area contributed by atoms with Gasteiger partial charge in [0, 0.05) is 13.2 Å². The smallest absolute Gasteiger partial charge is 0.0841 e. The third-order valence-electron chi connectivity index (χ3n) is 4.36. The quantitative estimate of drug-likeness (QED) is 0.642. The molecule has 4 atom stereocenters. The highest BCUT2D eigenvalue weighted by atomic mass is 16.6. The maximum absolute atomic E-state index is 5.28. The number of hydrogen-bond acceptors (Lipinski definition) is 4. The van der Waals surface area contributed by atoms with E-state index in [9.17, 15) is 0 Å². The molecule has 6 rings (SSSR count). The van der Waals surface area contributed by atoms with Crippen molar-refractivity contribution in [3.8, 4) is 0 Å². The first-order valence-electron chi connectivity index (χ1n) is 8.40. The highest BCUT2D eigenvalue weighted by molar-refractivity contribution is 4.90. The van der Waals surface area contributed by atoms with E-state index in [4.69, 9.17) is 14.2 Å². The van der Waals surface area contributed by atoms with Gasteiger partial charge in [0.25, 0.3) is 0 Å². The fraction of sp³-hybridized carbons (Fsp3) is 1.00. The van der Waals surface area contributed by atoms with Crippen molar-refractivity contribution < 1.29 is 18.9 Å². The zero-order valence-corrected chi connectivity index (χ0v) is 12.4. The van der Waals surface area contributed by atoms with Crippen LogP contribution in [0, 0.1) is 0 Å². The van der Waals surface area contributed by atoms with Crippen LogP contribution in [0.25, 0.3) is 0 Å². The Labute approximate surface area is 122 Å². The summed E-state index contributed by atoms with van der Waals surface area (Å²) in [5.74, 6) is 0. The minimum absolute atomic E-state index is 0.703. The molecule has 6 fully saturated rings. The Kier molecular flexibility index (Phi) is 5.71. The molecule has 2 saturated carbocycles. The van der Waals surface area contributed by atoms with Crippen molar-refractivity contribution in [3.63, 3.8) is 0 Å². The minimum atomic E-state index is 0.703. The Morgan fingerprint density at radius 3 is 1.00 bits per heavy atom. The largest absolute Gasteiger partial charge is 0.381 e. The fourth-order valence-corrected chi connectivity index (χ4v) is 2.73. The fourth-order valence-electron chi connectivity index (χ4n) is 2.73. The average Bonchev–Trinajstić information content (AvgIpc) is 3.30. The van der Waals surface area contributed by atoms with Crippen LogP contribution in [0.15, 0.2) is 0 Å². The van der Waals surface area contributed by atoms with E-state index in [1.54, 1.807) is 0 Å². The molecule has 4 saturated heterocycles. The Morgan fingerprint density at radius 2 is 0.800 bits per heavy atom. The lowest BCUT2D eigenvalue weighted by Gasteiger charge is -2.09. The summed E-state index contributed by atoms with van der Waals surface area (Å²) in [5, 5.41) is 0. The predicted molar refractivity (Wildman–Crippen MR) is 75.9 cm³/mol. The summed E-state index contributed by atoms with van der Waals surface area (Å²) in [6.07, 6.45) is 13.7. The van der Waals surface area contributed by atoms with Gasteiger partial charge in [0.05, 0.1) is 37.6 Å². The molecule has 0 bridgehead atoms. The van der Waals surface area contributed by atoms with Gasteiger partial charge in [0.2, 0.25) is 0 Å². The summed E-state index contributed by atoms with van der Waals surface area (Å²) in [6.45, 7) is 4.00. The van der Waals surface area contributed by atoms with Crippen LogP contribution in [-0.2, 0) is 18.9 Å². The van der Waals surface area contributed by atoms with Crippen molar-refractivity contribution >= 4 is 0 Å². The zero-order valence-electron chi connectivity index (χ0n) is 12.4. The molecule has 20 heavy (non-hydrogen) atoms. The summed E-state index contributed by atoms with van der Waals surface area (Å²) in [7, 11) is 0. The number of ether oxygens (including phenoxy) is 4. The van der Waals surface area contributed by atoms with Crippen LogP contribution < -0.4 is 0 Å². The molecule has 0 spiro atoms.